The summed E-state index contributed by atoms with van der Waals surface area (Å²) in [4.78, 5) is 38.5. The van der Waals surface area contributed by atoms with Crippen molar-refractivity contribution in [1.82, 2.24) is 0 Å². The van der Waals surface area contributed by atoms with E-state index in [1.54, 1.807) is 0 Å². The quantitative estimate of drug-likeness (QED) is 0.135. The summed E-state index contributed by atoms with van der Waals surface area (Å²) < 4.78 is 27.6. The molecule has 0 aromatic heterocycles. The van der Waals surface area contributed by atoms with Gasteiger partial charge in [0.15, 0.2) is 36.4 Å². The number of esters is 1. The Labute approximate surface area is 248 Å². The van der Waals surface area contributed by atoms with Crippen molar-refractivity contribution in [2.45, 2.75) is 75.4 Å². The van der Waals surface area contributed by atoms with E-state index in [2.05, 4.69) is 0 Å². The summed E-state index contributed by atoms with van der Waals surface area (Å²) in [5.74, 6) is -3.52. The van der Waals surface area contributed by atoms with Gasteiger partial charge in [-0.25, -0.2) is 0 Å². The summed E-state index contributed by atoms with van der Waals surface area (Å²) in [7, 11) is 0. The normalized spacial score (nSPS) is 33.4. The number of aliphatic hydroxyl groups is 6. The van der Waals surface area contributed by atoms with Gasteiger partial charge in [0.1, 0.15) is 47.8 Å². The standard InChI is InChI=1S/C28H30O16/c1-8-14(6-13-16(17(8)32)19(34)11-4-3-10(31)5-12(11)18(13)33)41-28-25(24(40-9(2)30)20(35)15(7-29)42-28)43-27-23(38)21(36)22(37)26(39)44-27/h3-6,15,20-29,31-32,35-39H,7H2,1-2H3. The summed E-state index contributed by atoms with van der Waals surface area (Å²) in [6.07, 6.45) is -18.2. The van der Waals surface area contributed by atoms with Gasteiger partial charge in [-0.05, 0) is 31.2 Å². The first-order chi connectivity index (χ1) is 20.7. The van der Waals surface area contributed by atoms with Crippen LogP contribution in [-0.4, -0.2) is 127 Å². The van der Waals surface area contributed by atoms with Crippen LogP contribution >= 0.6 is 0 Å². The largest absolute Gasteiger partial charge is 0.508 e. The van der Waals surface area contributed by atoms with E-state index < -0.39 is 91.5 Å². The van der Waals surface area contributed by atoms with Crippen LogP contribution in [0.15, 0.2) is 24.3 Å². The van der Waals surface area contributed by atoms with E-state index in [4.69, 9.17) is 23.7 Å². The lowest BCUT2D eigenvalue weighted by molar-refractivity contribution is -0.378. The van der Waals surface area contributed by atoms with Crippen LogP contribution in [0.5, 0.6) is 17.2 Å². The van der Waals surface area contributed by atoms with Crippen LogP contribution in [0.1, 0.15) is 44.3 Å². The van der Waals surface area contributed by atoms with Gasteiger partial charge in [0.05, 0.1) is 12.2 Å². The van der Waals surface area contributed by atoms with Crippen molar-refractivity contribution < 1.29 is 78.9 Å². The Balaban J connectivity index is 1.55. The number of phenols is 2. The number of carbonyl (C=O) groups is 3. The molecule has 8 N–H and O–H groups in total. The minimum absolute atomic E-state index is 0.0442. The number of ether oxygens (including phenoxy) is 5. The number of hydrogen-bond donors (Lipinski definition) is 8. The summed E-state index contributed by atoms with van der Waals surface area (Å²) in [6, 6.07) is 4.67. The number of phenolic OH excluding ortho intramolecular Hbond substituents is 2. The highest BCUT2D eigenvalue weighted by Crippen LogP contribution is 2.41. The van der Waals surface area contributed by atoms with E-state index in [0.29, 0.717) is 0 Å². The molecule has 0 bridgehead atoms. The molecule has 2 saturated heterocycles. The number of benzene rings is 2. The van der Waals surface area contributed by atoms with E-state index in [0.717, 1.165) is 19.1 Å². The lowest BCUT2D eigenvalue weighted by Gasteiger charge is -2.46. The van der Waals surface area contributed by atoms with Crippen molar-refractivity contribution in [3.05, 3.63) is 52.1 Å². The number of aliphatic hydroxyl groups excluding tert-OH is 6. The highest BCUT2D eigenvalue weighted by atomic mass is 16.8. The van der Waals surface area contributed by atoms with Crippen LogP contribution in [0, 0.1) is 6.92 Å². The van der Waals surface area contributed by atoms with Gasteiger partial charge < -0.3 is 64.5 Å². The number of rotatable bonds is 6. The average molecular weight is 623 g/mol. The third kappa shape index (κ3) is 5.40. The summed E-state index contributed by atoms with van der Waals surface area (Å²) in [5.41, 5.74) is -0.850. The molecule has 2 aromatic carbocycles. The van der Waals surface area contributed by atoms with Gasteiger partial charge in [-0.3, -0.25) is 14.4 Å². The lowest BCUT2D eigenvalue weighted by atomic mass is 9.82. The van der Waals surface area contributed by atoms with Crippen molar-refractivity contribution in [2.75, 3.05) is 6.61 Å². The van der Waals surface area contributed by atoms with Crippen molar-refractivity contribution in [2.24, 2.45) is 0 Å². The number of aromatic hydroxyl groups is 2. The van der Waals surface area contributed by atoms with Gasteiger partial charge in [-0.15, -0.1) is 0 Å². The highest BCUT2D eigenvalue weighted by Gasteiger charge is 2.53. The fourth-order valence-electron chi connectivity index (χ4n) is 5.30. The first-order valence-electron chi connectivity index (χ1n) is 13.4. The molecule has 10 atom stereocenters. The van der Waals surface area contributed by atoms with Crippen LogP contribution in [0.2, 0.25) is 0 Å². The predicted octanol–water partition coefficient (Wildman–Crippen LogP) is -2.29. The monoisotopic (exact) mass is 622 g/mol. The first kappa shape index (κ1) is 31.7. The lowest BCUT2D eigenvalue weighted by Crippen LogP contribution is -2.65. The van der Waals surface area contributed by atoms with E-state index >= 15 is 0 Å². The smallest absolute Gasteiger partial charge is 0.303 e. The molecule has 3 aliphatic rings. The fraction of sp³-hybridized carbons (Fsp3) is 0.464. The number of ketones is 2. The molecule has 0 spiro atoms. The van der Waals surface area contributed by atoms with Gasteiger partial charge in [-0.2, -0.15) is 0 Å². The predicted molar refractivity (Wildman–Crippen MR) is 140 cm³/mol. The minimum atomic E-state index is -2.03. The molecule has 16 heteroatoms. The molecule has 2 heterocycles. The summed E-state index contributed by atoms with van der Waals surface area (Å²) in [6.45, 7) is 1.53. The molecule has 2 aromatic rings. The molecule has 10 unspecified atom stereocenters. The summed E-state index contributed by atoms with van der Waals surface area (Å²) >= 11 is 0. The Morgan fingerprint density at radius 1 is 0.841 bits per heavy atom. The third-order valence-electron chi connectivity index (χ3n) is 7.65. The van der Waals surface area contributed by atoms with E-state index in [-0.39, 0.29) is 39.3 Å². The molecule has 0 saturated carbocycles. The SMILES string of the molecule is CC(=O)OC1C(O)C(CO)OC(Oc2cc3c(c(O)c2C)C(=O)c2ccc(O)cc2C3=O)C1OC1OC(O)C(O)C(O)C1O. The molecule has 44 heavy (non-hydrogen) atoms. The zero-order valence-corrected chi connectivity index (χ0v) is 23.1. The van der Waals surface area contributed by atoms with Crippen molar-refractivity contribution in [3.63, 3.8) is 0 Å². The topological polar surface area (TPSA) is 259 Å². The average Bonchev–Trinajstić information content (AvgIpc) is 2.98. The molecule has 16 nitrogen and oxygen atoms in total. The van der Waals surface area contributed by atoms with Gasteiger partial charge in [0.25, 0.3) is 0 Å². The Bertz CT molecular complexity index is 1470. The molecule has 2 aliphatic heterocycles. The molecule has 0 amide bonds. The number of carbonyl (C=O) groups excluding carboxylic acids is 3. The molecular formula is C28H30O16. The van der Waals surface area contributed by atoms with Crippen molar-refractivity contribution in [3.8, 4) is 17.2 Å². The Morgan fingerprint density at radius 2 is 1.55 bits per heavy atom. The second-order valence-electron chi connectivity index (χ2n) is 10.5. The second-order valence-corrected chi connectivity index (χ2v) is 10.5. The molecule has 0 radical (unpaired) electrons. The van der Waals surface area contributed by atoms with Gasteiger partial charge >= 0.3 is 5.97 Å². The maximum atomic E-state index is 13.4. The molecule has 5 rings (SSSR count). The van der Waals surface area contributed by atoms with E-state index in [9.17, 15) is 55.2 Å². The Morgan fingerprint density at radius 3 is 2.20 bits per heavy atom. The molecule has 1 aliphatic carbocycles. The maximum absolute atomic E-state index is 13.4. The fourth-order valence-corrected chi connectivity index (χ4v) is 5.30. The van der Waals surface area contributed by atoms with Crippen LogP contribution in [0.25, 0.3) is 0 Å². The van der Waals surface area contributed by atoms with Crippen LogP contribution in [0.3, 0.4) is 0 Å². The maximum Gasteiger partial charge on any atom is 0.303 e. The summed E-state index contributed by atoms with van der Waals surface area (Å²) in [5, 5.41) is 81.9. The molecule has 238 valence electrons. The van der Waals surface area contributed by atoms with Crippen LogP contribution in [0.4, 0.5) is 0 Å². The van der Waals surface area contributed by atoms with Crippen LogP contribution in [-0.2, 0) is 23.7 Å². The second kappa shape index (κ2) is 12.0. The van der Waals surface area contributed by atoms with Gasteiger partial charge in [0, 0.05) is 29.2 Å². The highest BCUT2D eigenvalue weighted by molar-refractivity contribution is 6.29. The van der Waals surface area contributed by atoms with Crippen molar-refractivity contribution >= 4 is 17.5 Å². The zero-order valence-electron chi connectivity index (χ0n) is 23.1. The van der Waals surface area contributed by atoms with E-state index in [1.807, 2.05) is 0 Å². The Kier molecular flexibility index (Phi) is 8.65. The number of hydrogen-bond acceptors (Lipinski definition) is 16. The zero-order chi connectivity index (χ0) is 32.2. The minimum Gasteiger partial charge on any atom is -0.508 e. The molecule has 2 fully saturated rings. The van der Waals surface area contributed by atoms with Gasteiger partial charge in [-0.1, -0.05) is 0 Å². The van der Waals surface area contributed by atoms with Crippen LogP contribution < -0.4 is 4.74 Å². The molecular weight excluding hydrogens is 592 g/mol. The van der Waals surface area contributed by atoms with Gasteiger partial charge in [0.2, 0.25) is 6.29 Å². The Hall–Kier alpha value is -3.71. The third-order valence-corrected chi connectivity index (χ3v) is 7.65. The van der Waals surface area contributed by atoms with Crippen molar-refractivity contribution in [1.29, 1.82) is 0 Å². The number of fused-ring (bicyclic) bond motifs is 2. The first-order valence-corrected chi connectivity index (χ1v) is 13.4. The van der Waals surface area contributed by atoms with E-state index in [1.165, 1.54) is 19.1 Å².